The van der Waals surface area contributed by atoms with Crippen molar-refractivity contribution in [1.29, 1.82) is 0 Å². The minimum atomic E-state index is 0.447. The van der Waals surface area contributed by atoms with Gasteiger partial charge in [0.25, 0.3) is 0 Å². The lowest BCUT2D eigenvalue weighted by atomic mass is 9.96. The highest BCUT2D eigenvalue weighted by atomic mass is 15.3. The van der Waals surface area contributed by atoms with Crippen molar-refractivity contribution in [3.8, 4) is 0 Å². The van der Waals surface area contributed by atoms with E-state index in [0.717, 1.165) is 38.2 Å². The highest BCUT2D eigenvalue weighted by Crippen LogP contribution is 2.37. The molecule has 3 rings (SSSR count). The number of nitrogens with zero attached hydrogens (tertiary/aromatic N) is 3. The normalized spacial score (nSPS) is 20.7. The van der Waals surface area contributed by atoms with Gasteiger partial charge in [-0.25, -0.2) is 4.98 Å². The predicted molar refractivity (Wildman–Crippen MR) is 84.1 cm³/mol. The van der Waals surface area contributed by atoms with E-state index in [4.69, 9.17) is 0 Å². The van der Waals surface area contributed by atoms with Crippen LogP contribution >= 0.6 is 0 Å². The number of benzene rings is 1. The van der Waals surface area contributed by atoms with Gasteiger partial charge >= 0.3 is 0 Å². The van der Waals surface area contributed by atoms with Gasteiger partial charge < -0.3 is 5.32 Å². The number of aromatic nitrogens is 3. The smallest absolute Gasteiger partial charge is 0.138 e. The standard InChI is InChI=1S/C17H24N4/c1-3-9-18-17-14(10-13-7-5-6-8-15(13)17)11-16-19-12-20-21(16)4-2/h5-8,12,14,17-18H,3-4,9-11H2,1-2H3. The minimum absolute atomic E-state index is 0.447. The van der Waals surface area contributed by atoms with Crippen LogP contribution in [0.3, 0.4) is 0 Å². The SMILES string of the molecule is CCCNC1c2ccccc2CC1Cc1ncnn1CC. The Labute approximate surface area is 126 Å². The molecule has 1 aromatic heterocycles. The average Bonchev–Trinajstić information content (AvgIpc) is 3.09. The van der Waals surface area contributed by atoms with Gasteiger partial charge in [-0.05, 0) is 43.4 Å². The lowest BCUT2D eigenvalue weighted by Crippen LogP contribution is -2.28. The third kappa shape index (κ3) is 2.86. The van der Waals surface area contributed by atoms with E-state index in [9.17, 15) is 0 Å². The molecule has 1 aromatic carbocycles. The quantitative estimate of drug-likeness (QED) is 0.887. The van der Waals surface area contributed by atoms with E-state index in [2.05, 4.69) is 53.5 Å². The van der Waals surface area contributed by atoms with E-state index in [1.54, 1.807) is 6.33 Å². The van der Waals surface area contributed by atoms with Crippen LogP contribution in [0.25, 0.3) is 0 Å². The maximum atomic E-state index is 4.45. The Morgan fingerprint density at radius 2 is 2.14 bits per heavy atom. The Kier molecular flexibility index (Phi) is 4.34. The van der Waals surface area contributed by atoms with Gasteiger partial charge in [0, 0.05) is 19.0 Å². The highest BCUT2D eigenvalue weighted by molar-refractivity contribution is 5.36. The summed E-state index contributed by atoms with van der Waals surface area (Å²) in [6.07, 6.45) is 4.96. The first-order chi connectivity index (χ1) is 10.3. The number of hydrogen-bond acceptors (Lipinski definition) is 3. The molecule has 2 atom stereocenters. The number of fused-ring (bicyclic) bond motifs is 1. The Morgan fingerprint density at radius 1 is 1.29 bits per heavy atom. The van der Waals surface area contributed by atoms with Crippen LogP contribution in [-0.4, -0.2) is 21.3 Å². The maximum absolute atomic E-state index is 4.45. The van der Waals surface area contributed by atoms with Gasteiger partial charge in [-0.3, -0.25) is 4.68 Å². The summed E-state index contributed by atoms with van der Waals surface area (Å²) in [6, 6.07) is 9.28. The molecule has 0 spiro atoms. The molecule has 1 aliphatic rings. The summed E-state index contributed by atoms with van der Waals surface area (Å²) in [5.74, 6) is 1.68. The van der Waals surface area contributed by atoms with Crippen LogP contribution in [0.15, 0.2) is 30.6 Å². The molecule has 0 fully saturated rings. The summed E-state index contributed by atoms with van der Waals surface area (Å²) in [7, 11) is 0. The molecular weight excluding hydrogens is 260 g/mol. The molecule has 21 heavy (non-hydrogen) atoms. The first-order valence-corrected chi connectivity index (χ1v) is 8.01. The molecule has 1 aliphatic carbocycles. The molecule has 112 valence electrons. The van der Waals surface area contributed by atoms with Crippen molar-refractivity contribution in [1.82, 2.24) is 20.1 Å². The van der Waals surface area contributed by atoms with Crippen molar-refractivity contribution < 1.29 is 0 Å². The predicted octanol–water partition coefficient (Wildman–Crippen LogP) is 2.75. The van der Waals surface area contributed by atoms with Gasteiger partial charge in [-0.2, -0.15) is 5.10 Å². The van der Waals surface area contributed by atoms with E-state index in [-0.39, 0.29) is 0 Å². The zero-order chi connectivity index (χ0) is 14.7. The van der Waals surface area contributed by atoms with Crippen LogP contribution < -0.4 is 5.32 Å². The molecule has 4 heteroatoms. The Bertz CT molecular complexity index is 590. The zero-order valence-electron chi connectivity index (χ0n) is 12.9. The second kappa shape index (κ2) is 6.39. The summed E-state index contributed by atoms with van der Waals surface area (Å²) < 4.78 is 2.01. The van der Waals surface area contributed by atoms with Crippen molar-refractivity contribution in [2.24, 2.45) is 5.92 Å². The molecule has 0 aliphatic heterocycles. The lowest BCUT2D eigenvalue weighted by Gasteiger charge is -2.21. The van der Waals surface area contributed by atoms with Gasteiger partial charge in [0.2, 0.25) is 0 Å². The van der Waals surface area contributed by atoms with Gasteiger partial charge in [0.1, 0.15) is 12.2 Å². The van der Waals surface area contributed by atoms with E-state index in [0.29, 0.717) is 12.0 Å². The summed E-state index contributed by atoms with van der Waals surface area (Å²) in [5.41, 5.74) is 2.96. The van der Waals surface area contributed by atoms with Crippen molar-refractivity contribution in [3.63, 3.8) is 0 Å². The molecule has 1 N–H and O–H groups in total. The third-order valence-corrected chi connectivity index (χ3v) is 4.40. The number of nitrogens with one attached hydrogen (secondary N) is 1. The summed E-state index contributed by atoms with van der Waals surface area (Å²) in [5, 5.41) is 8.03. The minimum Gasteiger partial charge on any atom is -0.310 e. The van der Waals surface area contributed by atoms with Gasteiger partial charge in [-0.15, -0.1) is 0 Å². The molecule has 2 aromatic rings. The second-order valence-corrected chi connectivity index (χ2v) is 5.79. The van der Waals surface area contributed by atoms with Gasteiger partial charge in [0.15, 0.2) is 0 Å². The van der Waals surface area contributed by atoms with Crippen LogP contribution in [0.2, 0.25) is 0 Å². The fourth-order valence-electron chi connectivity index (χ4n) is 3.39. The fourth-order valence-corrected chi connectivity index (χ4v) is 3.39. The average molecular weight is 284 g/mol. The Balaban J connectivity index is 1.81. The molecule has 0 saturated heterocycles. The van der Waals surface area contributed by atoms with Crippen molar-refractivity contribution >= 4 is 0 Å². The molecule has 1 heterocycles. The molecule has 2 unspecified atom stereocenters. The summed E-state index contributed by atoms with van der Waals surface area (Å²) >= 11 is 0. The van der Waals surface area contributed by atoms with Crippen LogP contribution in [-0.2, 0) is 19.4 Å². The molecule has 0 radical (unpaired) electrons. The molecular formula is C17H24N4. The van der Waals surface area contributed by atoms with Crippen LogP contribution in [0.4, 0.5) is 0 Å². The van der Waals surface area contributed by atoms with Crippen molar-refractivity contribution in [3.05, 3.63) is 47.5 Å². The molecule has 0 bridgehead atoms. The largest absolute Gasteiger partial charge is 0.310 e. The van der Waals surface area contributed by atoms with Crippen LogP contribution in [0.5, 0.6) is 0 Å². The lowest BCUT2D eigenvalue weighted by molar-refractivity contribution is 0.374. The van der Waals surface area contributed by atoms with Crippen molar-refractivity contribution in [2.45, 2.75) is 45.7 Å². The van der Waals surface area contributed by atoms with Gasteiger partial charge in [-0.1, -0.05) is 31.2 Å². The fraction of sp³-hybridized carbons (Fsp3) is 0.529. The summed E-state index contributed by atoms with van der Waals surface area (Å²) in [6.45, 7) is 6.29. The van der Waals surface area contributed by atoms with Gasteiger partial charge in [0.05, 0.1) is 0 Å². The van der Waals surface area contributed by atoms with E-state index in [1.165, 1.54) is 11.1 Å². The van der Waals surface area contributed by atoms with Crippen LogP contribution in [0.1, 0.15) is 43.3 Å². The molecule has 4 nitrogen and oxygen atoms in total. The number of hydrogen-bond donors (Lipinski definition) is 1. The first kappa shape index (κ1) is 14.3. The third-order valence-electron chi connectivity index (χ3n) is 4.40. The Hall–Kier alpha value is -1.68. The van der Waals surface area contributed by atoms with E-state index in [1.807, 2.05) is 4.68 Å². The number of aryl methyl sites for hydroxylation is 1. The summed E-state index contributed by atoms with van der Waals surface area (Å²) in [4.78, 5) is 4.45. The topological polar surface area (TPSA) is 42.7 Å². The van der Waals surface area contributed by atoms with Crippen LogP contribution in [0, 0.1) is 5.92 Å². The monoisotopic (exact) mass is 284 g/mol. The van der Waals surface area contributed by atoms with E-state index >= 15 is 0 Å². The first-order valence-electron chi connectivity index (χ1n) is 8.01. The van der Waals surface area contributed by atoms with E-state index < -0.39 is 0 Å². The second-order valence-electron chi connectivity index (χ2n) is 5.79. The van der Waals surface area contributed by atoms with Crippen molar-refractivity contribution in [2.75, 3.05) is 6.54 Å². The molecule has 0 saturated carbocycles. The highest BCUT2D eigenvalue weighted by Gasteiger charge is 2.32. The Morgan fingerprint density at radius 3 is 2.95 bits per heavy atom. The molecule has 0 amide bonds. The maximum Gasteiger partial charge on any atom is 0.138 e. The zero-order valence-corrected chi connectivity index (χ0v) is 12.9. The number of rotatable bonds is 6.